The maximum Gasteiger partial charge on any atom is 0.277 e. The monoisotopic (exact) mass is 340 g/mol. The van der Waals surface area contributed by atoms with Crippen LogP contribution in [-0.4, -0.2) is 23.3 Å². The van der Waals surface area contributed by atoms with Gasteiger partial charge in [-0.2, -0.15) is 0 Å². The van der Waals surface area contributed by atoms with Crippen molar-refractivity contribution < 1.29 is 14.4 Å². The maximum absolute atomic E-state index is 12.3. The molecule has 0 aromatic heterocycles. The average molecular weight is 340 g/mol. The van der Waals surface area contributed by atoms with E-state index in [1.807, 2.05) is 30.3 Å². The molecule has 0 spiro atoms. The first kappa shape index (κ1) is 17.8. The van der Waals surface area contributed by atoms with Gasteiger partial charge in [0.1, 0.15) is 0 Å². The van der Waals surface area contributed by atoms with Gasteiger partial charge in [-0.3, -0.25) is 14.4 Å². The van der Waals surface area contributed by atoms with E-state index >= 15 is 0 Å². The minimum atomic E-state index is -2.11. The molecule has 128 valence electrons. The van der Waals surface area contributed by atoms with Crippen molar-refractivity contribution in [3.8, 4) is 11.1 Å². The fourth-order valence-electron chi connectivity index (χ4n) is 2.13. The largest absolute Gasteiger partial charge is 0.367 e. The van der Waals surface area contributed by atoms with Gasteiger partial charge in [0.25, 0.3) is 17.7 Å². The first-order chi connectivity index (χ1) is 11.9. The second-order valence-corrected chi connectivity index (χ2v) is 5.42. The van der Waals surface area contributed by atoms with Crippen LogP contribution < -0.4 is 16.5 Å². The lowest BCUT2D eigenvalue weighted by molar-refractivity contribution is -0.136. The lowest BCUT2D eigenvalue weighted by Gasteiger charge is -2.24. The highest BCUT2D eigenvalue weighted by Gasteiger charge is 2.41. The molecule has 3 amide bonds. The Labute approximate surface area is 143 Å². The molecule has 0 heterocycles. The van der Waals surface area contributed by atoms with Gasteiger partial charge in [-0.15, -0.1) is 4.91 Å². The van der Waals surface area contributed by atoms with Crippen LogP contribution in [0.15, 0.2) is 59.9 Å². The van der Waals surface area contributed by atoms with Gasteiger partial charge in [0, 0.05) is 5.56 Å². The summed E-state index contributed by atoms with van der Waals surface area (Å²) in [6, 6.07) is 16.1. The van der Waals surface area contributed by atoms with E-state index in [-0.39, 0.29) is 5.56 Å². The third-order valence-electron chi connectivity index (χ3n) is 3.71. The van der Waals surface area contributed by atoms with Crippen LogP contribution in [0.5, 0.6) is 0 Å². The molecular weight excluding hydrogens is 324 g/mol. The predicted molar refractivity (Wildman–Crippen MR) is 90.9 cm³/mol. The highest BCUT2D eigenvalue weighted by atomic mass is 16.3. The number of hydrogen-bond donors (Lipinski definition) is 3. The number of hydrogen-bond acceptors (Lipinski definition) is 5. The molecule has 25 heavy (non-hydrogen) atoms. The molecule has 0 saturated carbocycles. The third kappa shape index (κ3) is 3.86. The molecule has 1 unspecified atom stereocenters. The Balaban J connectivity index is 2.21. The molecular formula is C17H16N4O4. The van der Waals surface area contributed by atoms with Gasteiger partial charge in [-0.05, 0) is 30.2 Å². The van der Waals surface area contributed by atoms with E-state index in [1.165, 1.54) is 0 Å². The Bertz CT molecular complexity index is 805. The maximum atomic E-state index is 12.3. The Morgan fingerprint density at radius 2 is 1.52 bits per heavy atom. The molecule has 0 aliphatic rings. The van der Waals surface area contributed by atoms with E-state index in [9.17, 15) is 19.3 Å². The smallest absolute Gasteiger partial charge is 0.277 e. The summed E-state index contributed by atoms with van der Waals surface area (Å²) in [6.07, 6.45) is 0. The number of benzene rings is 2. The molecule has 2 aromatic rings. The summed E-state index contributed by atoms with van der Waals surface area (Å²) < 4.78 is 0. The number of nitrogens with two attached hydrogens (primary N) is 1. The van der Waals surface area contributed by atoms with Gasteiger partial charge in [0.2, 0.25) is 0 Å². The standard InChI is InChI=1S/C17H16N4O4/c1-17(15(18)23,16(24)20-21-25)19-14(22)13-9-7-12(8-10-13)11-5-3-2-4-6-11/h2-10H,1H3,(H2,18,23)(H,19,22)(H,20,24,25). The Kier molecular flexibility index (Phi) is 5.23. The molecule has 0 aliphatic carbocycles. The first-order valence-corrected chi connectivity index (χ1v) is 7.29. The summed E-state index contributed by atoms with van der Waals surface area (Å²) in [6.45, 7) is 1.09. The number of rotatable bonds is 6. The summed E-state index contributed by atoms with van der Waals surface area (Å²) in [5.41, 5.74) is 6.73. The van der Waals surface area contributed by atoms with Crippen LogP contribution in [0.25, 0.3) is 11.1 Å². The normalized spacial score (nSPS) is 12.5. The molecule has 0 aliphatic heterocycles. The molecule has 0 fully saturated rings. The fourth-order valence-corrected chi connectivity index (χ4v) is 2.13. The first-order valence-electron chi connectivity index (χ1n) is 7.29. The van der Waals surface area contributed by atoms with Crippen LogP contribution in [-0.2, 0) is 9.59 Å². The number of nitrogens with zero attached hydrogens (tertiary/aromatic N) is 1. The summed E-state index contributed by atoms with van der Waals surface area (Å²) >= 11 is 0. The molecule has 8 nitrogen and oxygen atoms in total. The third-order valence-corrected chi connectivity index (χ3v) is 3.71. The molecule has 0 bridgehead atoms. The average Bonchev–Trinajstić information content (AvgIpc) is 2.62. The highest BCUT2D eigenvalue weighted by molar-refractivity contribution is 6.12. The Morgan fingerprint density at radius 3 is 2.04 bits per heavy atom. The van der Waals surface area contributed by atoms with Crippen LogP contribution in [0.4, 0.5) is 0 Å². The van der Waals surface area contributed by atoms with Crippen molar-refractivity contribution in [1.82, 2.24) is 10.7 Å². The van der Waals surface area contributed by atoms with Crippen molar-refractivity contribution in [3.05, 3.63) is 65.1 Å². The van der Waals surface area contributed by atoms with Gasteiger partial charge < -0.3 is 11.1 Å². The van der Waals surface area contributed by atoms with Crippen LogP contribution in [0, 0.1) is 4.91 Å². The van der Waals surface area contributed by atoms with Crippen molar-refractivity contribution in [2.75, 3.05) is 0 Å². The van der Waals surface area contributed by atoms with E-state index in [4.69, 9.17) is 5.73 Å². The number of primary amides is 1. The van der Waals surface area contributed by atoms with Crippen LogP contribution in [0.2, 0.25) is 0 Å². The fraction of sp³-hybridized carbons (Fsp3) is 0.118. The van der Waals surface area contributed by atoms with E-state index < -0.39 is 23.3 Å². The molecule has 8 heteroatoms. The summed E-state index contributed by atoms with van der Waals surface area (Å²) in [7, 11) is 0. The van der Waals surface area contributed by atoms with Gasteiger partial charge >= 0.3 is 0 Å². The van der Waals surface area contributed by atoms with Gasteiger partial charge in [0.15, 0.2) is 5.54 Å². The molecule has 4 N–H and O–H groups in total. The zero-order valence-electron chi connectivity index (χ0n) is 13.4. The van der Waals surface area contributed by atoms with Crippen molar-refractivity contribution in [3.63, 3.8) is 0 Å². The lowest BCUT2D eigenvalue weighted by atomic mass is 9.99. The van der Waals surface area contributed by atoms with Crippen molar-refractivity contribution in [1.29, 1.82) is 0 Å². The van der Waals surface area contributed by atoms with E-state index in [2.05, 4.69) is 10.6 Å². The van der Waals surface area contributed by atoms with Crippen LogP contribution >= 0.6 is 0 Å². The van der Waals surface area contributed by atoms with Crippen molar-refractivity contribution in [2.24, 2.45) is 11.0 Å². The van der Waals surface area contributed by atoms with E-state index in [0.29, 0.717) is 0 Å². The predicted octanol–water partition coefficient (Wildman–Crippen LogP) is 1.12. The zero-order valence-corrected chi connectivity index (χ0v) is 13.4. The molecule has 1 atom stereocenters. The minimum Gasteiger partial charge on any atom is -0.367 e. The minimum absolute atomic E-state index is 0.221. The number of nitrogens with one attached hydrogen (secondary N) is 2. The lowest BCUT2D eigenvalue weighted by Crippen LogP contribution is -2.63. The number of nitroso groups, excluding NO2 is 1. The SMILES string of the molecule is CC(NC(=O)c1ccc(-c2ccccc2)cc1)(C(N)=O)C(=O)NN=O. The molecule has 2 aromatic carbocycles. The molecule has 0 radical (unpaired) electrons. The Hall–Kier alpha value is -3.55. The van der Waals surface area contributed by atoms with Crippen molar-refractivity contribution in [2.45, 2.75) is 12.5 Å². The quantitative estimate of drug-likeness (QED) is 0.413. The van der Waals surface area contributed by atoms with Crippen LogP contribution in [0.1, 0.15) is 17.3 Å². The molecule has 0 saturated heterocycles. The second-order valence-electron chi connectivity index (χ2n) is 5.42. The molecule has 2 rings (SSSR count). The number of amides is 3. The number of carbonyl (C=O) groups is 3. The summed E-state index contributed by atoms with van der Waals surface area (Å²) in [5.74, 6) is -2.94. The second kappa shape index (κ2) is 7.35. The summed E-state index contributed by atoms with van der Waals surface area (Å²) in [4.78, 5) is 45.8. The topological polar surface area (TPSA) is 131 Å². The van der Waals surface area contributed by atoms with Crippen molar-refractivity contribution >= 4 is 17.7 Å². The Morgan fingerprint density at radius 1 is 0.960 bits per heavy atom. The van der Waals surface area contributed by atoms with Gasteiger partial charge in [0.05, 0.1) is 5.29 Å². The number of carbonyl (C=O) groups excluding carboxylic acids is 3. The van der Waals surface area contributed by atoms with Gasteiger partial charge in [-0.1, -0.05) is 42.5 Å². The van der Waals surface area contributed by atoms with E-state index in [0.717, 1.165) is 18.1 Å². The van der Waals surface area contributed by atoms with Gasteiger partial charge in [-0.25, -0.2) is 5.43 Å². The summed E-state index contributed by atoms with van der Waals surface area (Å²) in [5, 5.41) is 4.43. The highest BCUT2D eigenvalue weighted by Crippen LogP contribution is 2.19. The van der Waals surface area contributed by atoms with E-state index in [1.54, 1.807) is 29.7 Å². The zero-order chi connectivity index (χ0) is 18.4. The van der Waals surface area contributed by atoms with Crippen LogP contribution in [0.3, 0.4) is 0 Å².